The fourth-order valence-electron chi connectivity index (χ4n) is 2.41. The van der Waals surface area contributed by atoms with Gasteiger partial charge in [-0.05, 0) is 24.0 Å². The van der Waals surface area contributed by atoms with Crippen molar-refractivity contribution in [3.05, 3.63) is 36.0 Å². The summed E-state index contributed by atoms with van der Waals surface area (Å²) in [6.45, 7) is 5.00. The summed E-state index contributed by atoms with van der Waals surface area (Å²) >= 11 is 4.73. The van der Waals surface area contributed by atoms with Crippen LogP contribution in [0.1, 0.15) is 19.4 Å². The lowest BCUT2D eigenvalue weighted by Crippen LogP contribution is -2.27. The van der Waals surface area contributed by atoms with E-state index in [2.05, 4.69) is 46.5 Å². The van der Waals surface area contributed by atoms with E-state index in [1.807, 2.05) is 18.3 Å². The van der Waals surface area contributed by atoms with E-state index in [1.165, 1.54) is 22.7 Å². The topological polar surface area (TPSA) is 70.7 Å². The minimum absolute atomic E-state index is 0.0291. The van der Waals surface area contributed by atoms with Crippen LogP contribution in [0.25, 0.3) is 10.9 Å². The molecule has 5 nitrogen and oxygen atoms in total. The summed E-state index contributed by atoms with van der Waals surface area (Å²) in [5.74, 6) is 2.06. The van der Waals surface area contributed by atoms with Gasteiger partial charge < -0.3 is 10.3 Å². The minimum Gasteiger partial charge on any atom is -0.361 e. The van der Waals surface area contributed by atoms with Crippen molar-refractivity contribution in [1.29, 1.82) is 0 Å². The standard InChI is InChI=1S/C18H22N4OS3/c1-12(2)10-24-17-21-22-18(26-17)25-11-16(23)19-8-7-13-9-20-15-6-4-3-5-14(13)15/h3-6,9,12,20H,7-8,10-11H2,1-2H3,(H,19,23). The molecule has 2 N–H and O–H groups in total. The first kappa shape index (κ1) is 19.3. The zero-order chi connectivity index (χ0) is 18.4. The summed E-state index contributed by atoms with van der Waals surface area (Å²) in [7, 11) is 0. The van der Waals surface area contributed by atoms with Gasteiger partial charge in [0, 0.05) is 29.4 Å². The van der Waals surface area contributed by atoms with Gasteiger partial charge in [0.1, 0.15) is 0 Å². The Morgan fingerprint density at radius 3 is 2.81 bits per heavy atom. The molecular weight excluding hydrogens is 384 g/mol. The van der Waals surface area contributed by atoms with E-state index in [0.717, 1.165) is 26.4 Å². The van der Waals surface area contributed by atoms with E-state index in [-0.39, 0.29) is 5.91 Å². The lowest BCUT2D eigenvalue weighted by molar-refractivity contribution is -0.118. The summed E-state index contributed by atoms with van der Waals surface area (Å²) < 4.78 is 1.82. The van der Waals surface area contributed by atoms with E-state index in [1.54, 1.807) is 23.1 Å². The molecule has 3 rings (SSSR count). The average molecular weight is 407 g/mol. The zero-order valence-corrected chi connectivity index (χ0v) is 17.3. The number of aromatic nitrogens is 3. The fraction of sp³-hybridized carbons (Fsp3) is 0.389. The first-order chi connectivity index (χ1) is 12.6. The lowest BCUT2D eigenvalue weighted by Gasteiger charge is -2.03. The number of H-pyrrole nitrogens is 1. The number of para-hydroxylation sites is 1. The number of hydrogen-bond donors (Lipinski definition) is 2. The van der Waals surface area contributed by atoms with Crippen LogP contribution in [0.5, 0.6) is 0 Å². The van der Waals surface area contributed by atoms with Crippen LogP contribution in [0.2, 0.25) is 0 Å². The Bertz CT molecular complexity index is 859. The molecule has 0 unspecified atom stereocenters. The number of amides is 1. The molecule has 0 aliphatic carbocycles. The molecule has 3 aromatic rings. The van der Waals surface area contributed by atoms with Crippen molar-refractivity contribution in [3.8, 4) is 0 Å². The maximum absolute atomic E-state index is 12.0. The summed E-state index contributed by atoms with van der Waals surface area (Å²) in [6, 6.07) is 8.21. The van der Waals surface area contributed by atoms with Crippen LogP contribution >= 0.6 is 34.9 Å². The van der Waals surface area contributed by atoms with Crippen LogP contribution in [-0.2, 0) is 11.2 Å². The highest BCUT2D eigenvalue weighted by Crippen LogP contribution is 2.29. The maximum Gasteiger partial charge on any atom is 0.230 e. The normalized spacial score (nSPS) is 11.3. The molecule has 1 amide bonds. The van der Waals surface area contributed by atoms with Gasteiger partial charge in [-0.2, -0.15) is 0 Å². The Morgan fingerprint density at radius 2 is 2.00 bits per heavy atom. The minimum atomic E-state index is 0.0291. The third-order valence-corrected chi connectivity index (χ3v) is 7.26. The molecule has 8 heteroatoms. The smallest absolute Gasteiger partial charge is 0.230 e. The molecule has 0 spiro atoms. The number of fused-ring (bicyclic) bond motifs is 1. The molecular formula is C18H22N4OS3. The van der Waals surface area contributed by atoms with Crippen molar-refractivity contribution in [1.82, 2.24) is 20.5 Å². The molecule has 0 bridgehead atoms. The first-order valence-corrected chi connectivity index (χ1v) is 11.3. The monoisotopic (exact) mass is 406 g/mol. The first-order valence-electron chi connectivity index (χ1n) is 8.52. The largest absolute Gasteiger partial charge is 0.361 e. The van der Waals surface area contributed by atoms with Gasteiger partial charge in [-0.25, -0.2) is 0 Å². The summed E-state index contributed by atoms with van der Waals surface area (Å²) in [5, 5.41) is 12.5. The fourth-order valence-corrected chi connectivity index (χ4v) is 5.23. The summed E-state index contributed by atoms with van der Waals surface area (Å²) in [5.41, 5.74) is 2.36. The van der Waals surface area contributed by atoms with Crippen molar-refractivity contribution in [3.63, 3.8) is 0 Å². The van der Waals surface area contributed by atoms with Gasteiger partial charge in [0.05, 0.1) is 5.75 Å². The van der Waals surface area contributed by atoms with Crippen LogP contribution in [0.3, 0.4) is 0 Å². The highest BCUT2D eigenvalue weighted by atomic mass is 32.2. The van der Waals surface area contributed by atoms with Crippen molar-refractivity contribution in [2.24, 2.45) is 5.92 Å². The Morgan fingerprint density at radius 1 is 1.23 bits per heavy atom. The molecule has 0 aliphatic heterocycles. The van der Waals surface area contributed by atoms with Crippen LogP contribution in [0, 0.1) is 5.92 Å². The maximum atomic E-state index is 12.0. The van der Waals surface area contributed by atoms with Crippen LogP contribution in [-0.4, -0.2) is 39.1 Å². The number of nitrogens with one attached hydrogen (secondary N) is 2. The van der Waals surface area contributed by atoms with Gasteiger partial charge in [0.25, 0.3) is 0 Å². The Labute approximate surface area is 165 Å². The van der Waals surface area contributed by atoms with E-state index in [9.17, 15) is 4.79 Å². The van der Waals surface area contributed by atoms with E-state index >= 15 is 0 Å². The van der Waals surface area contributed by atoms with Gasteiger partial charge in [-0.1, -0.05) is 66.9 Å². The van der Waals surface area contributed by atoms with Crippen LogP contribution in [0.15, 0.2) is 39.1 Å². The van der Waals surface area contributed by atoms with Crippen LogP contribution < -0.4 is 5.32 Å². The molecule has 2 aromatic heterocycles. The SMILES string of the molecule is CC(C)CSc1nnc(SCC(=O)NCCc2c[nH]c3ccccc23)s1. The predicted octanol–water partition coefficient (Wildman–Crippen LogP) is 4.22. The number of thioether (sulfide) groups is 2. The second-order valence-corrected chi connectivity index (χ2v) is 9.75. The van der Waals surface area contributed by atoms with Gasteiger partial charge in [0.15, 0.2) is 8.68 Å². The third kappa shape index (κ3) is 5.49. The highest BCUT2D eigenvalue weighted by molar-refractivity contribution is 8.03. The molecule has 0 fully saturated rings. The zero-order valence-electron chi connectivity index (χ0n) is 14.8. The van der Waals surface area contributed by atoms with Crippen molar-refractivity contribution < 1.29 is 4.79 Å². The lowest BCUT2D eigenvalue weighted by atomic mass is 10.1. The number of carbonyl (C=O) groups is 1. The second-order valence-electron chi connectivity index (χ2n) is 6.29. The number of benzene rings is 1. The number of carbonyl (C=O) groups excluding carboxylic acids is 1. The highest BCUT2D eigenvalue weighted by Gasteiger charge is 2.09. The number of aromatic amines is 1. The number of nitrogens with zero attached hydrogens (tertiary/aromatic N) is 2. The second kappa shape index (κ2) is 9.43. The molecule has 0 saturated carbocycles. The molecule has 0 atom stereocenters. The van der Waals surface area contributed by atoms with Gasteiger partial charge in [0.2, 0.25) is 5.91 Å². The average Bonchev–Trinajstić information content (AvgIpc) is 3.25. The molecule has 138 valence electrons. The van der Waals surface area contributed by atoms with Crippen molar-refractivity contribution in [2.75, 3.05) is 18.1 Å². The number of hydrogen-bond acceptors (Lipinski definition) is 6. The molecule has 1 aromatic carbocycles. The van der Waals surface area contributed by atoms with Gasteiger partial charge in [-0.3, -0.25) is 4.79 Å². The molecule has 0 aliphatic rings. The summed E-state index contributed by atoms with van der Waals surface area (Å²) in [6.07, 6.45) is 2.83. The van der Waals surface area contributed by atoms with E-state index in [4.69, 9.17) is 0 Å². The Kier molecular flexibility index (Phi) is 6.99. The van der Waals surface area contributed by atoms with E-state index < -0.39 is 0 Å². The third-order valence-electron chi connectivity index (χ3n) is 3.65. The molecule has 0 radical (unpaired) electrons. The number of rotatable bonds is 9. The quantitative estimate of drug-likeness (QED) is 0.521. The van der Waals surface area contributed by atoms with Crippen molar-refractivity contribution >= 4 is 51.7 Å². The van der Waals surface area contributed by atoms with Gasteiger partial charge >= 0.3 is 0 Å². The van der Waals surface area contributed by atoms with Gasteiger partial charge in [-0.15, -0.1) is 10.2 Å². The molecule has 2 heterocycles. The summed E-state index contributed by atoms with van der Waals surface area (Å²) in [4.78, 5) is 15.3. The Balaban J connectivity index is 1.39. The Hall–Kier alpha value is -1.51. The van der Waals surface area contributed by atoms with Crippen molar-refractivity contribution in [2.45, 2.75) is 28.9 Å². The molecule has 0 saturated heterocycles. The molecule has 26 heavy (non-hydrogen) atoms. The van der Waals surface area contributed by atoms with Crippen LogP contribution in [0.4, 0.5) is 0 Å². The van der Waals surface area contributed by atoms with E-state index in [0.29, 0.717) is 18.2 Å². The predicted molar refractivity (Wildman–Crippen MR) is 111 cm³/mol.